The molecule has 0 saturated carbocycles. The molecule has 0 radical (unpaired) electrons. The maximum atomic E-state index is 11.1. The zero-order chi connectivity index (χ0) is 19.4. The van der Waals surface area contributed by atoms with Crippen LogP contribution in [0.3, 0.4) is 0 Å². The number of aliphatic hydroxyl groups is 1. The molecule has 2 fully saturated rings. The molecule has 2 saturated heterocycles. The minimum atomic E-state index is -1.00. The van der Waals surface area contributed by atoms with Crippen molar-refractivity contribution >= 4 is 23.5 Å². The molecule has 0 amide bonds. The summed E-state index contributed by atoms with van der Waals surface area (Å²) in [6.07, 6.45) is 4.41. The monoisotopic (exact) mass is 412 g/mol. The molecule has 1 aromatic carbocycles. The highest BCUT2D eigenvalue weighted by Crippen LogP contribution is 2.53. The molecule has 2 aliphatic rings. The van der Waals surface area contributed by atoms with Crippen LogP contribution in [-0.4, -0.2) is 45.5 Å². The summed E-state index contributed by atoms with van der Waals surface area (Å²) in [5.41, 5.74) is 0.505. The Bertz CT molecular complexity index is 591. The number of aryl methyl sites for hydroxylation is 1. The van der Waals surface area contributed by atoms with Crippen molar-refractivity contribution in [1.29, 1.82) is 0 Å². The summed E-state index contributed by atoms with van der Waals surface area (Å²) >= 11 is 3.84. The summed E-state index contributed by atoms with van der Waals surface area (Å²) in [7, 11) is 0. The minimum Gasteiger partial charge on any atom is -0.439 e. The Morgan fingerprint density at radius 1 is 1.11 bits per heavy atom. The van der Waals surface area contributed by atoms with Gasteiger partial charge in [0.05, 0.1) is 22.9 Å². The first-order valence-electron chi connectivity index (χ1n) is 9.94. The van der Waals surface area contributed by atoms with Gasteiger partial charge in [0.25, 0.3) is 0 Å². The largest absolute Gasteiger partial charge is 0.439 e. The fourth-order valence-electron chi connectivity index (χ4n) is 3.58. The normalized spacial score (nSPS) is 23.7. The third kappa shape index (κ3) is 4.96. The van der Waals surface area contributed by atoms with E-state index in [4.69, 9.17) is 14.2 Å². The van der Waals surface area contributed by atoms with Gasteiger partial charge in [-0.05, 0) is 63.2 Å². The Hall–Kier alpha value is -0.400. The zero-order valence-corrected chi connectivity index (χ0v) is 18.3. The fourth-order valence-corrected chi connectivity index (χ4v) is 7.32. The molecule has 152 valence electrons. The highest BCUT2D eigenvalue weighted by atomic mass is 32.2. The second kappa shape index (κ2) is 8.95. The van der Waals surface area contributed by atoms with E-state index in [-0.39, 0.29) is 4.08 Å². The van der Waals surface area contributed by atoms with E-state index in [0.29, 0.717) is 19.6 Å². The van der Waals surface area contributed by atoms with Crippen molar-refractivity contribution in [3.05, 3.63) is 29.8 Å². The molecule has 2 heterocycles. The predicted molar refractivity (Wildman–Crippen MR) is 113 cm³/mol. The second-order valence-corrected chi connectivity index (χ2v) is 10.6. The van der Waals surface area contributed by atoms with Gasteiger partial charge in [0, 0.05) is 6.42 Å². The van der Waals surface area contributed by atoms with Crippen LogP contribution in [0.25, 0.3) is 0 Å². The average Bonchev–Trinajstić information content (AvgIpc) is 3.13. The zero-order valence-electron chi connectivity index (χ0n) is 16.7. The van der Waals surface area contributed by atoms with Gasteiger partial charge in [-0.15, -0.1) is 23.5 Å². The molecule has 0 spiro atoms. The number of hydrogen-bond acceptors (Lipinski definition) is 6. The van der Waals surface area contributed by atoms with Crippen molar-refractivity contribution in [3.63, 3.8) is 0 Å². The number of rotatable bonds is 8. The van der Waals surface area contributed by atoms with E-state index in [0.717, 1.165) is 36.5 Å². The molecule has 6 heteroatoms. The summed E-state index contributed by atoms with van der Waals surface area (Å²) in [6.45, 7) is 7.21. The van der Waals surface area contributed by atoms with E-state index in [2.05, 4.69) is 13.8 Å². The van der Waals surface area contributed by atoms with Crippen LogP contribution in [0.1, 0.15) is 51.5 Å². The molecule has 1 N–H and O–H groups in total. The first-order chi connectivity index (χ1) is 12.9. The molecule has 0 bridgehead atoms. The van der Waals surface area contributed by atoms with Crippen molar-refractivity contribution in [2.24, 2.45) is 0 Å². The van der Waals surface area contributed by atoms with Crippen molar-refractivity contribution in [3.8, 4) is 5.75 Å². The molecule has 0 aromatic heterocycles. The van der Waals surface area contributed by atoms with E-state index >= 15 is 0 Å². The third-order valence-electron chi connectivity index (χ3n) is 5.48. The van der Waals surface area contributed by atoms with Crippen molar-refractivity contribution in [1.82, 2.24) is 0 Å². The van der Waals surface area contributed by atoms with Crippen molar-refractivity contribution in [2.75, 3.05) is 24.7 Å². The maximum Gasteiger partial charge on any atom is 0.327 e. The molecule has 1 unspecified atom stereocenters. The molecular weight excluding hydrogens is 380 g/mol. The molecular formula is C21H32O4S2. The summed E-state index contributed by atoms with van der Waals surface area (Å²) in [6, 6.07) is 7.97. The Balaban J connectivity index is 1.65. The maximum absolute atomic E-state index is 11.1. The second-order valence-electron chi connectivity index (χ2n) is 7.58. The van der Waals surface area contributed by atoms with Crippen LogP contribution in [0.2, 0.25) is 0 Å². The third-order valence-corrected chi connectivity index (χ3v) is 9.39. The van der Waals surface area contributed by atoms with E-state index in [1.54, 1.807) is 0 Å². The number of benzene rings is 1. The standard InChI is InChI=1S/C21H32O4S2/c1-4-19(3,22)20(26-15-6-16-27-20)11-5-12-21(23-13-14-24-21)25-18-9-7-17(2)8-10-18/h7-10,22H,4-6,11-16H2,1-3H3. The van der Waals surface area contributed by atoms with Crippen LogP contribution in [0.15, 0.2) is 24.3 Å². The summed E-state index contributed by atoms with van der Waals surface area (Å²) in [5, 5.41) is 11.1. The van der Waals surface area contributed by atoms with Gasteiger partial charge in [0.1, 0.15) is 5.75 Å². The summed E-state index contributed by atoms with van der Waals surface area (Å²) in [5.74, 6) is 1.99. The first-order valence-corrected chi connectivity index (χ1v) is 11.9. The van der Waals surface area contributed by atoms with Crippen molar-refractivity contribution < 1.29 is 19.3 Å². The van der Waals surface area contributed by atoms with Crippen LogP contribution in [-0.2, 0) is 9.47 Å². The number of hydrogen-bond donors (Lipinski definition) is 1. The summed E-state index contributed by atoms with van der Waals surface area (Å²) < 4.78 is 17.7. The smallest absolute Gasteiger partial charge is 0.327 e. The lowest BCUT2D eigenvalue weighted by Crippen LogP contribution is -2.49. The van der Waals surface area contributed by atoms with Crippen LogP contribution in [0.4, 0.5) is 0 Å². The highest BCUT2D eigenvalue weighted by molar-refractivity contribution is 8.18. The van der Waals surface area contributed by atoms with Gasteiger partial charge in [-0.1, -0.05) is 24.6 Å². The number of ether oxygens (including phenoxy) is 3. The molecule has 4 nitrogen and oxygen atoms in total. The Morgan fingerprint density at radius 3 is 2.33 bits per heavy atom. The van der Waals surface area contributed by atoms with Gasteiger partial charge in [-0.2, -0.15) is 0 Å². The van der Waals surface area contributed by atoms with Gasteiger partial charge in [-0.3, -0.25) is 0 Å². The SMILES string of the molecule is CCC(C)(O)C1(CCCC2(Oc3ccc(C)cc3)OCCO2)SCCCS1. The van der Waals surface area contributed by atoms with E-state index < -0.39 is 11.6 Å². The Labute approximate surface area is 171 Å². The molecule has 3 rings (SSSR count). The van der Waals surface area contributed by atoms with E-state index in [1.807, 2.05) is 54.7 Å². The summed E-state index contributed by atoms with van der Waals surface area (Å²) in [4.78, 5) is 0. The highest BCUT2D eigenvalue weighted by Gasteiger charge is 2.49. The average molecular weight is 413 g/mol. The number of thioether (sulfide) groups is 2. The molecule has 1 atom stereocenters. The topological polar surface area (TPSA) is 47.9 Å². The van der Waals surface area contributed by atoms with Crippen LogP contribution >= 0.6 is 23.5 Å². The van der Waals surface area contributed by atoms with E-state index in [1.165, 1.54) is 12.0 Å². The molecule has 2 aliphatic heterocycles. The van der Waals surface area contributed by atoms with Gasteiger partial charge >= 0.3 is 5.97 Å². The predicted octanol–water partition coefficient (Wildman–Crippen LogP) is 4.97. The quantitative estimate of drug-likeness (QED) is 0.650. The van der Waals surface area contributed by atoms with Crippen LogP contribution in [0, 0.1) is 6.92 Å². The lowest BCUT2D eigenvalue weighted by Gasteiger charge is -2.46. The van der Waals surface area contributed by atoms with Crippen molar-refractivity contribution in [2.45, 2.75) is 68.5 Å². The molecule has 27 heavy (non-hydrogen) atoms. The van der Waals surface area contributed by atoms with Crippen LogP contribution < -0.4 is 4.74 Å². The van der Waals surface area contributed by atoms with Crippen LogP contribution in [0.5, 0.6) is 5.75 Å². The van der Waals surface area contributed by atoms with Gasteiger partial charge < -0.3 is 19.3 Å². The molecule has 0 aliphatic carbocycles. The van der Waals surface area contributed by atoms with E-state index in [9.17, 15) is 5.11 Å². The Morgan fingerprint density at radius 2 is 1.74 bits per heavy atom. The first kappa shape index (κ1) is 21.3. The van der Waals surface area contributed by atoms with Gasteiger partial charge in [0.2, 0.25) is 0 Å². The van der Waals surface area contributed by atoms with Gasteiger partial charge in [-0.25, -0.2) is 0 Å². The molecule has 1 aromatic rings. The van der Waals surface area contributed by atoms with Gasteiger partial charge in [0.15, 0.2) is 0 Å². The fraction of sp³-hybridized carbons (Fsp3) is 0.714. The minimum absolute atomic E-state index is 0.163. The Kier molecular flexibility index (Phi) is 7.07. The lowest BCUT2D eigenvalue weighted by molar-refractivity contribution is -0.290. The lowest BCUT2D eigenvalue weighted by atomic mass is 9.93.